The minimum Gasteiger partial charge on any atom is -0.304 e. The number of hydrogen-bond donors (Lipinski definition) is 0. The van der Waals surface area contributed by atoms with Gasteiger partial charge >= 0.3 is 0 Å². The Morgan fingerprint density at radius 1 is 0.382 bits per heavy atom. The molecule has 7 nitrogen and oxygen atoms in total. The maximum absolute atomic E-state index is 14.7. The van der Waals surface area contributed by atoms with Gasteiger partial charge in [0, 0.05) is 24.8 Å². The van der Waals surface area contributed by atoms with Crippen molar-refractivity contribution in [3.05, 3.63) is 116 Å². The van der Waals surface area contributed by atoms with Crippen molar-refractivity contribution >= 4 is 46.9 Å². The van der Waals surface area contributed by atoms with E-state index in [0.717, 1.165) is 0 Å². The monoisotopic (exact) mass is 483 g/mol. The van der Waals surface area contributed by atoms with Gasteiger partial charge in [0.25, 0.3) is 0 Å². The molecule has 5 aromatic heterocycles. The summed E-state index contributed by atoms with van der Waals surface area (Å²) in [6.07, 6.45) is 6.34. The van der Waals surface area contributed by atoms with Crippen molar-refractivity contribution in [1.82, 2.24) is 24.9 Å². The van der Waals surface area contributed by atoms with Gasteiger partial charge < -0.3 is 9.13 Å². The molecule has 0 aliphatic carbocycles. The molecule has 0 saturated carbocycles. The molecule has 0 bridgehead atoms. The minimum absolute atomic E-state index is 0.245. The first-order valence-corrected chi connectivity index (χ1v) is 13.9. The third-order valence-electron chi connectivity index (χ3n) is 5.25. The van der Waals surface area contributed by atoms with Gasteiger partial charge in [0.15, 0.2) is 0 Å². The molecule has 9 heteroatoms. The Morgan fingerprint density at radius 2 is 0.676 bits per heavy atom. The number of nitrogens with zero attached hydrogens (tertiary/aromatic N) is 5. The molecule has 0 aliphatic rings. The van der Waals surface area contributed by atoms with Gasteiger partial charge in [-0.05, 0) is 60.7 Å². The van der Waals surface area contributed by atoms with E-state index in [4.69, 9.17) is 4.98 Å². The lowest BCUT2D eigenvalue weighted by molar-refractivity contribution is 0.590. The molecular formula is C25H19N5O2P2. The van der Waals surface area contributed by atoms with Gasteiger partial charge in [-0.1, -0.05) is 30.3 Å². The highest BCUT2D eigenvalue weighted by atomic mass is 31.2. The van der Waals surface area contributed by atoms with E-state index in [9.17, 15) is 9.13 Å². The number of aromatic nitrogens is 5. The largest absolute Gasteiger partial charge is 0.304 e. The van der Waals surface area contributed by atoms with Crippen LogP contribution in [0.1, 0.15) is 0 Å². The molecular weight excluding hydrogens is 464 g/mol. The summed E-state index contributed by atoms with van der Waals surface area (Å²) in [4.78, 5) is 22.2. The molecule has 0 N–H and O–H groups in total. The van der Waals surface area contributed by atoms with E-state index in [1.807, 2.05) is 0 Å². The van der Waals surface area contributed by atoms with Crippen LogP contribution in [-0.2, 0) is 9.13 Å². The first-order valence-electron chi connectivity index (χ1n) is 10.5. The lowest BCUT2D eigenvalue weighted by Gasteiger charge is -2.20. The van der Waals surface area contributed by atoms with E-state index in [1.54, 1.807) is 116 Å². The van der Waals surface area contributed by atoms with Crippen LogP contribution in [0.4, 0.5) is 0 Å². The van der Waals surface area contributed by atoms with Crippen LogP contribution in [0.3, 0.4) is 0 Å². The fourth-order valence-corrected chi connectivity index (χ4v) is 8.30. The van der Waals surface area contributed by atoms with E-state index in [1.165, 1.54) is 0 Å². The zero-order valence-corrected chi connectivity index (χ0v) is 19.7. The van der Waals surface area contributed by atoms with E-state index < -0.39 is 14.3 Å². The van der Waals surface area contributed by atoms with E-state index in [2.05, 4.69) is 19.9 Å². The molecule has 5 rings (SSSR count). The fourth-order valence-electron chi connectivity index (χ4n) is 3.63. The molecule has 0 radical (unpaired) electrons. The summed E-state index contributed by atoms with van der Waals surface area (Å²) in [7, 11) is -7.10. The summed E-state index contributed by atoms with van der Waals surface area (Å²) in [6, 6.07) is 25.9. The molecule has 5 heterocycles. The summed E-state index contributed by atoms with van der Waals surface area (Å²) in [6.45, 7) is 0. The van der Waals surface area contributed by atoms with Crippen molar-refractivity contribution in [2.75, 3.05) is 0 Å². The normalized spacial score (nSPS) is 11.8. The van der Waals surface area contributed by atoms with Crippen LogP contribution in [0.15, 0.2) is 116 Å². The first-order chi connectivity index (χ1) is 16.6. The van der Waals surface area contributed by atoms with Crippen LogP contribution in [0.2, 0.25) is 0 Å². The van der Waals surface area contributed by atoms with Crippen LogP contribution in [0.25, 0.3) is 0 Å². The molecule has 0 aliphatic heterocycles. The Hall–Kier alpha value is -3.79. The Kier molecular flexibility index (Phi) is 5.97. The summed E-state index contributed by atoms with van der Waals surface area (Å²) in [5.41, 5.74) is 1.89. The zero-order valence-electron chi connectivity index (χ0n) is 17.9. The molecule has 34 heavy (non-hydrogen) atoms. The van der Waals surface area contributed by atoms with Crippen molar-refractivity contribution in [2.24, 2.45) is 0 Å². The van der Waals surface area contributed by atoms with Gasteiger partial charge in [-0.3, -0.25) is 19.9 Å². The van der Waals surface area contributed by atoms with Gasteiger partial charge in [0.2, 0.25) is 14.3 Å². The summed E-state index contributed by atoms with van der Waals surface area (Å²) < 4.78 is 29.3. The van der Waals surface area contributed by atoms with E-state index in [0.29, 0.717) is 21.7 Å². The van der Waals surface area contributed by atoms with Gasteiger partial charge in [-0.15, -0.1) is 0 Å². The lowest BCUT2D eigenvalue weighted by Crippen LogP contribution is -2.36. The van der Waals surface area contributed by atoms with Crippen LogP contribution in [0.5, 0.6) is 0 Å². The van der Waals surface area contributed by atoms with Crippen molar-refractivity contribution < 1.29 is 9.13 Å². The third-order valence-corrected chi connectivity index (χ3v) is 10.7. The lowest BCUT2D eigenvalue weighted by atomic mass is 10.5. The summed E-state index contributed by atoms with van der Waals surface area (Å²) in [5.74, 6) is 0. The van der Waals surface area contributed by atoms with Gasteiger partial charge in [0.05, 0.1) is 0 Å². The second-order valence-electron chi connectivity index (χ2n) is 7.32. The smallest absolute Gasteiger partial charge is 0.223 e. The Labute approximate surface area is 196 Å². The molecule has 0 fully saturated rings. The number of pyridine rings is 5. The van der Waals surface area contributed by atoms with Crippen LogP contribution < -0.4 is 32.6 Å². The van der Waals surface area contributed by atoms with Crippen LogP contribution >= 0.6 is 14.3 Å². The van der Waals surface area contributed by atoms with Crippen molar-refractivity contribution in [3.8, 4) is 0 Å². The minimum atomic E-state index is -3.55. The summed E-state index contributed by atoms with van der Waals surface area (Å²) in [5, 5.41) is 0. The average molecular weight is 483 g/mol. The quantitative estimate of drug-likeness (QED) is 0.341. The maximum atomic E-state index is 14.7. The highest BCUT2D eigenvalue weighted by molar-refractivity contribution is 7.85. The third kappa shape index (κ3) is 3.79. The Bertz CT molecular complexity index is 1300. The fraction of sp³-hybridized carbons (Fsp3) is 0. The van der Waals surface area contributed by atoms with Gasteiger partial charge in [-0.2, -0.15) is 0 Å². The standard InChI is InChI=1S/C25H19N5O2P2/c31-33(20-10-1-5-16-26-20,21-11-2-6-17-27-21)24-14-9-15-25(30-24)34(32,22-12-3-7-18-28-22)23-13-4-8-19-29-23/h1-19H. The van der Waals surface area contributed by atoms with E-state index >= 15 is 0 Å². The predicted molar refractivity (Wildman–Crippen MR) is 134 cm³/mol. The highest BCUT2D eigenvalue weighted by Crippen LogP contribution is 2.43. The maximum Gasteiger partial charge on any atom is 0.223 e. The van der Waals surface area contributed by atoms with Crippen LogP contribution in [0, 0.1) is 0 Å². The molecule has 0 unspecified atom stereocenters. The zero-order chi connectivity index (χ0) is 23.4. The molecule has 0 amide bonds. The average Bonchev–Trinajstić information content (AvgIpc) is 2.94. The van der Waals surface area contributed by atoms with Crippen molar-refractivity contribution in [3.63, 3.8) is 0 Å². The second-order valence-corrected chi connectivity index (χ2v) is 12.5. The van der Waals surface area contributed by atoms with Crippen molar-refractivity contribution in [1.29, 1.82) is 0 Å². The first kappa shape index (κ1) is 22.0. The molecule has 0 atom stereocenters. The van der Waals surface area contributed by atoms with Gasteiger partial charge in [-0.25, -0.2) is 4.98 Å². The second kappa shape index (κ2) is 9.22. The SMILES string of the molecule is O=P(c1ccccn1)(c1ccccn1)c1cccc(P(=O)(c2ccccn2)c2ccccn2)n1. The molecule has 166 valence electrons. The molecule has 0 saturated heterocycles. The molecule has 0 aromatic carbocycles. The number of hydrogen-bond acceptors (Lipinski definition) is 7. The topological polar surface area (TPSA) is 98.6 Å². The van der Waals surface area contributed by atoms with Crippen LogP contribution in [-0.4, -0.2) is 24.9 Å². The Morgan fingerprint density at radius 3 is 0.941 bits per heavy atom. The van der Waals surface area contributed by atoms with Crippen molar-refractivity contribution in [2.45, 2.75) is 0 Å². The predicted octanol–water partition coefficient (Wildman–Crippen LogP) is 1.94. The number of rotatable bonds is 6. The summed E-state index contributed by atoms with van der Waals surface area (Å²) >= 11 is 0. The Balaban J connectivity index is 1.76. The van der Waals surface area contributed by atoms with Gasteiger partial charge in [0.1, 0.15) is 32.6 Å². The van der Waals surface area contributed by atoms with E-state index in [-0.39, 0.29) is 10.9 Å². The highest BCUT2D eigenvalue weighted by Gasteiger charge is 2.38. The molecule has 0 spiro atoms. The molecule has 5 aromatic rings.